The Labute approximate surface area is 95.9 Å². The molecule has 16 heavy (non-hydrogen) atoms. The van der Waals surface area contributed by atoms with Gasteiger partial charge in [0.25, 0.3) is 0 Å². The summed E-state index contributed by atoms with van der Waals surface area (Å²) in [6, 6.07) is 10.6. The van der Waals surface area contributed by atoms with Crippen molar-refractivity contribution in [3.8, 4) is 6.07 Å². The van der Waals surface area contributed by atoms with Gasteiger partial charge in [0.15, 0.2) is 0 Å². The summed E-state index contributed by atoms with van der Waals surface area (Å²) in [4.78, 5) is 3.35. The van der Waals surface area contributed by atoms with Crippen LogP contribution in [0.15, 0.2) is 24.3 Å². The zero-order valence-corrected chi connectivity index (χ0v) is 9.91. The minimum absolute atomic E-state index is 0.0313. The molecule has 0 aliphatic carbocycles. The van der Waals surface area contributed by atoms with E-state index in [0.717, 1.165) is 16.8 Å². The van der Waals surface area contributed by atoms with Gasteiger partial charge in [-0.25, -0.2) is 0 Å². The molecule has 1 unspecified atom stereocenters. The van der Waals surface area contributed by atoms with E-state index in [0.29, 0.717) is 5.92 Å². The number of aromatic amines is 1. The topological polar surface area (TPSA) is 39.6 Å². The first-order valence-corrected chi connectivity index (χ1v) is 5.62. The first-order valence-electron chi connectivity index (χ1n) is 5.62. The van der Waals surface area contributed by atoms with Crippen LogP contribution in [0.4, 0.5) is 0 Å². The van der Waals surface area contributed by atoms with Crippen molar-refractivity contribution in [1.82, 2.24) is 4.98 Å². The Kier molecular flexibility index (Phi) is 2.70. The largest absolute Gasteiger partial charge is 0.358 e. The molecule has 1 atom stereocenters. The maximum atomic E-state index is 9.29. The molecule has 1 N–H and O–H groups in total. The molecule has 0 aliphatic rings. The fraction of sp³-hybridized carbons (Fsp3) is 0.357. The van der Waals surface area contributed by atoms with Crippen LogP contribution in [0.2, 0.25) is 0 Å². The van der Waals surface area contributed by atoms with Crippen molar-refractivity contribution in [2.45, 2.75) is 26.7 Å². The number of nitrogens with zero attached hydrogens (tertiary/aromatic N) is 1. The number of hydrogen-bond acceptors (Lipinski definition) is 1. The van der Waals surface area contributed by atoms with E-state index >= 15 is 0 Å². The van der Waals surface area contributed by atoms with Gasteiger partial charge in [0, 0.05) is 16.6 Å². The van der Waals surface area contributed by atoms with Gasteiger partial charge in [-0.2, -0.15) is 5.26 Å². The minimum Gasteiger partial charge on any atom is -0.358 e. The molecule has 0 radical (unpaired) electrons. The Hall–Kier alpha value is -1.75. The van der Waals surface area contributed by atoms with Gasteiger partial charge in [0.1, 0.15) is 0 Å². The van der Waals surface area contributed by atoms with Crippen LogP contribution in [0.5, 0.6) is 0 Å². The van der Waals surface area contributed by atoms with Gasteiger partial charge < -0.3 is 4.98 Å². The molecule has 0 amide bonds. The van der Waals surface area contributed by atoms with E-state index in [1.165, 1.54) is 5.39 Å². The molecule has 2 nitrogen and oxygen atoms in total. The second kappa shape index (κ2) is 4.02. The van der Waals surface area contributed by atoms with Crippen molar-refractivity contribution >= 4 is 10.9 Å². The maximum Gasteiger partial charge on any atom is 0.0759 e. The lowest BCUT2D eigenvalue weighted by Crippen LogP contribution is -2.04. The zero-order chi connectivity index (χ0) is 11.7. The molecule has 0 fully saturated rings. The Morgan fingerprint density at radius 3 is 2.56 bits per heavy atom. The summed E-state index contributed by atoms with van der Waals surface area (Å²) in [5.41, 5.74) is 3.39. The third-order valence-corrected chi connectivity index (χ3v) is 3.06. The molecule has 0 bridgehead atoms. The molecular weight excluding hydrogens is 196 g/mol. The number of nitrogens with one attached hydrogen (secondary N) is 1. The highest BCUT2D eigenvalue weighted by molar-refractivity contribution is 5.85. The summed E-state index contributed by atoms with van der Waals surface area (Å²) < 4.78 is 0. The van der Waals surface area contributed by atoms with Crippen LogP contribution in [-0.4, -0.2) is 4.98 Å². The predicted octanol–water partition coefficient (Wildman–Crippen LogP) is 3.74. The van der Waals surface area contributed by atoms with Gasteiger partial charge >= 0.3 is 0 Å². The fourth-order valence-corrected chi connectivity index (χ4v) is 2.25. The third kappa shape index (κ3) is 1.59. The third-order valence-electron chi connectivity index (χ3n) is 3.06. The van der Waals surface area contributed by atoms with Crippen molar-refractivity contribution in [3.63, 3.8) is 0 Å². The van der Waals surface area contributed by atoms with E-state index in [9.17, 15) is 5.26 Å². The van der Waals surface area contributed by atoms with Crippen LogP contribution in [0.3, 0.4) is 0 Å². The first kappa shape index (κ1) is 10.8. The molecule has 2 aromatic rings. The summed E-state index contributed by atoms with van der Waals surface area (Å²) in [6.45, 7) is 6.23. The first-order chi connectivity index (χ1) is 7.65. The molecule has 2 heteroatoms. The van der Waals surface area contributed by atoms with Gasteiger partial charge in [-0.3, -0.25) is 0 Å². The summed E-state index contributed by atoms with van der Waals surface area (Å²) in [5, 5.41) is 10.5. The number of benzene rings is 1. The van der Waals surface area contributed by atoms with Crippen LogP contribution in [0.25, 0.3) is 10.9 Å². The second-order valence-electron chi connectivity index (χ2n) is 4.56. The predicted molar refractivity (Wildman–Crippen MR) is 66.2 cm³/mol. The molecule has 1 aromatic heterocycles. The van der Waals surface area contributed by atoms with Crippen molar-refractivity contribution in [3.05, 3.63) is 35.5 Å². The van der Waals surface area contributed by atoms with E-state index < -0.39 is 0 Å². The van der Waals surface area contributed by atoms with Crippen LogP contribution in [0.1, 0.15) is 31.0 Å². The number of H-pyrrole nitrogens is 1. The van der Waals surface area contributed by atoms with Gasteiger partial charge in [-0.1, -0.05) is 32.0 Å². The molecule has 1 aromatic carbocycles. The Morgan fingerprint density at radius 2 is 1.94 bits per heavy atom. The monoisotopic (exact) mass is 212 g/mol. The lowest BCUT2D eigenvalue weighted by molar-refractivity contribution is 0.588. The quantitative estimate of drug-likeness (QED) is 0.809. The van der Waals surface area contributed by atoms with Crippen molar-refractivity contribution in [2.24, 2.45) is 5.92 Å². The Morgan fingerprint density at radius 1 is 1.25 bits per heavy atom. The van der Waals surface area contributed by atoms with Crippen molar-refractivity contribution in [2.75, 3.05) is 0 Å². The summed E-state index contributed by atoms with van der Waals surface area (Å²) >= 11 is 0. The van der Waals surface area contributed by atoms with Crippen LogP contribution in [-0.2, 0) is 0 Å². The van der Waals surface area contributed by atoms with Crippen molar-refractivity contribution < 1.29 is 0 Å². The molecule has 0 saturated heterocycles. The number of rotatable bonds is 2. The van der Waals surface area contributed by atoms with Gasteiger partial charge in [-0.05, 0) is 24.5 Å². The molecule has 0 aliphatic heterocycles. The summed E-state index contributed by atoms with van der Waals surface area (Å²) in [7, 11) is 0. The van der Waals surface area contributed by atoms with E-state index in [-0.39, 0.29) is 5.92 Å². The molecule has 1 heterocycles. The standard InChI is InChI=1S/C14H16N2/c1-9(2)12(8-15)14-10(3)16-13-7-5-4-6-11(13)14/h4-7,9,12,16H,1-3H3. The van der Waals surface area contributed by atoms with Crippen LogP contribution in [0, 0.1) is 24.2 Å². The van der Waals surface area contributed by atoms with Crippen LogP contribution >= 0.6 is 0 Å². The lowest BCUT2D eigenvalue weighted by atomic mass is 9.88. The number of aryl methyl sites for hydroxylation is 1. The minimum atomic E-state index is -0.0313. The average Bonchev–Trinajstić information content (AvgIpc) is 2.57. The zero-order valence-electron chi connectivity index (χ0n) is 9.91. The number of aromatic nitrogens is 1. The summed E-state index contributed by atoms with van der Waals surface area (Å²) in [5.74, 6) is 0.305. The van der Waals surface area contributed by atoms with Gasteiger partial charge in [0.2, 0.25) is 0 Å². The van der Waals surface area contributed by atoms with E-state index in [2.05, 4.69) is 37.0 Å². The maximum absolute atomic E-state index is 9.29. The molecule has 0 spiro atoms. The van der Waals surface area contributed by atoms with Crippen LogP contribution < -0.4 is 0 Å². The summed E-state index contributed by atoms with van der Waals surface area (Å²) in [6.07, 6.45) is 0. The number of fused-ring (bicyclic) bond motifs is 1. The number of hydrogen-bond donors (Lipinski definition) is 1. The molecule has 0 saturated carbocycles. The Bertz CT molecular complexity index is 543. The normalized spacial score (nSPS) is 12.9. The van der Waals surface area contributed by atoms with E-state index in [1.807, 2.05) is 19.1 Å². The second-order valence-corrected chi connectivity index (χ2v) is 4.56. The average molecular weight is 212 g/mol. The van der Waals surface area contributed by atoms with E-state index in [1.54, 1.807) is 0 Å². The number of para-hydroxylation sites is 1. The lowest BCUT2D eigenvalue weighted by Gasteiger charge is -2.13. The Balaban J connectivity index is 2.68. The highest BCUT2D eigenvalue weighted by atomic mass is 14.7. The highest BCUT2D eigenvalue weighted by Crippen LogP contribution is 2.32. The number of nitriles is 1. The highest BCUT2D eigenvalue weighted by Gasteiger charge is 2.21. The van der Waals surface area contributed by atoms with E-state index in [4.69, 9.17) is 0 Å². The SMILES string of the molecule is Cc1[nH]c2ccccc2c1C(C#N)C(C)C. The van der Waals surface area contributed by atoms with Gasteiger partial charge in [0.05, 0.1) is 12.0 Å². The molecule has 82 valence electrons. The smallest absolute Gasteiger partial charge is 0.0759 e. The van der Waals surface area contributed by atoms with Crippen molar-refractivity contribution in [1.29, 1.82) is 5.26 Å². The van der Waals surface area contributed by atoms with Gasteiger partial charge in [-0.15, -0.1) is 0 Å². The molecular formula is C14H16N2. The molecule has 2 rings (SSSR count). The fourth-order valence-electron chi connectivity index (χ4n) is 2.25.